The maximum atomic E-state index is 16.4. The van der Waals surface area contributed by atoms with Gasteiger partial charge in [0.2, 0.25) is 23.6 Å². The molecule has 2 aliphatic carbocycles. The Bertz CT molecular complexity index is 2810. The molecule has 10 rings (SSSR count). The number of carbonyl (C=O) groups excluding carboxylic acids is 4. The molecule has 67 heavy (non-hydrogen) atoms. The van der Waals surface area contributed by atoms with E-state index in [4.69, 9.17) is 23.2 Å². The van der Waals surface area contributed by atoms with Gasteiger partial charge in [0.25, 0.3) is 0 Å². The molecule has 6 aliphatic rings. The Balaban J connectivity index is 0.787. The van der Waals surface area contributed by atoms with Crippen LogP contribution in [0.1, 0.15) is 120 Å². The third kappa shape index (κ3) is 7.97. The first-order valence-electron chi connectivity index (χ1n) is 23.9. The van der Waals surface area contributed by atoms with Crippen LogP contribution in [0, 0.1) is 34.9 Å². The number of carbonyl (C=O) groups is 4. The topological polar surface area (TPSA) is 159 Å². The normalized spacial score (nSPS) is 28.3. The number of fused-ring (bicyclic) bond motifs is 4. The zero-order valence-corrected chi connectivity index (χ0v) is 39.7. The summed E-state index contributed by atoms with van der Waals surface area (Å²) in [7, 11) is 1.69. The highest BCUT2D eigenvalue weighted by Crippen LogP contribution is 2.64. The minimum absolute atomic E-state index is 0.0365. The van der Waals surface area contributed by atoms with Gasteiger partial charge in [-0.15, -0.1) is 0 Å². The first-order valence-corrected chi connectivity index (χ1v) is 24.6. The third-order valence-electron chi connectivity index (χ3n) is 16.3. The van der Waals surface area contributed by atoms with Crippen LogP contribution in [0.5, 0.6) is 0 Å². The molecule has 2 spiro atoms. The highest BCUT2D eigenvalue weighted by Gasteiger charge is 2.73. The fourth-order valence-electron chi connectivity index (χ4n) is 12.6. The van der Waals surface area contributed by atoms with Crippen molar-refractivity contribution in [3.63, 3.8) is 0 Å². The Morgan fingerprint density at radius 1 is 0.910 bits per heavy atom. The molecule has 4 aromatic rings. The summed E-state index contributed by atoms with van der Waals surface area (Å²) in [6, 6.07) is 10.9. The molecule has 5 fully saturated rings. The van der Waals surface area contributed by atoms with Gasteiger partial charge in [0.05, 0.1) is 17.1 Å². The number of anilines is 1. The summed E-state index contributed by atoms with van der Waals surface area (Å²) in [5.74, 6) is 4.64. The summed E-state index contributed by atoms with van der Waals surface area (Å²) in [6.45, 7) is 7.35. The lowest BCUT2D eigenvalue weighted by Gasteiger charge is -2.50. The van der Waals surface area contributed by atoms with Crippen LogP contribution in [0.15, 0.2) is 53.5 Å². The lowest BCUT2D eigenvalue weighted by molar-refractivity contribution is -0.136. The highest BCUT2D eigenvalue weighted by atomic mass is 35.5. The van der Waals surface area contributed by atoms with E-state index in [0.717, 1.165) is 76.6 Å². The van der Waals surface area contributed by atoms with Gasteiger partial charge in [-0.3, -0.25) is 38.9 Å². The second kappa shape index (κ2) is 17.5. The summed E-state index contributed by atoms with van der Waals surface area (Å²) >= 11 is 12.8. The molecule has 16 heteroatoms. The number of hydrogen-bond donors (Lipinski definition) is 4. The van der Waals surface area contributed by atoms with Gasteiger partial charge in [0.15, 0.2) is 11.0 Å². The highest BCUT2D eigenvalue weighted by molar-refractivity contribution is 6.31. The van der Waals surface area contributed by atoms with Gasteiger partial charge in [0, 0.05) is 65.9 Å². The summed E-state index contributed by atoms with van der Waals surface area (Å²) < 4.78 is 19.4. The zero-order valence-electron chi connectivity index (χ0n) is 38.2. The van der Waals surface area contributed by atoms with Crippen molar-refractivity contribution in [2.45, 2.75) is 126 Å². The number of rotatable bonds is 6. The molecule has 3 saturated heterocycles. The Labute approximate surface area is 399 Å². The predicted molar refractivity (Wildman–Crippen MR) is 254 cm³/mol. The van der Waals surface area contributed by atoms with Crippen LogP contribution >= 0.6 is 23.2 Å². The van der Waals surface area contributed by atoms with Crippen molar-refractivity contribution in [2.75, 3.05) is 25.0 Å². The Kier molecular flexibility index (Phi) is 11.9. The van der Waals surface area contributed by atoms with Gasteiger partial charge in [-0.1, -0.05) is 55.0 Å². The molecule has 2 aromatic heterocycles. The summed E-state index contributed by atoms with van der Waals surface area (Å²) in [4.78, 5) is 73.8. The quantitative estimate of drug-likeness (QED) is 0.0926. The molecule has 4 amide bonds. The van der Waals surface area contributed by atoms with E-state index < -0.39 is 40.7 Å². The van der Waals surface area contributed by atoms with Crippen molar-refractivity contribution in [3.8, 4) is 11.8 Å². The maximum absolute atomic E-state index is 16.4. The zero-order chi connectivity index (χ0) is 47.0. The van der Waals surface area contributed by atoms with Crippen molar-refractivity contribution < 1.29 is 23.6 Å². The van der Waals surface area contributed by atoms with Gasteiger partial charge < -0.3 is 15.5 Å². The molecule has 4 atom stereocenters. The van der Waals surface area contributed by atoms with Crippen LogP contribution in [-0.4, -0.2) is 79.9 Å². The van der Waals surface area contributed by atoms with E-state index in [2.05, 4.69) is 56.8 Å². The average Bonchev–Trinajstić information content (AvgIpc) is 3.86. The first-order chi connectivity index (χ1) is 32.1. The van der Waals surface area contributed by atoms with Crippen molar-refractivity contribution in [1.29, 1.82) is 0 Å². The van der Waals surface area contributed by atoms with Crippen LogP contribution in [-0.2, 0) is 31.6 Å². The molecule has 2 aromatic carbocycles. The number of likely N-dealkylation sites (tertiary alicyclic amines) is 1. The number of hydrogen-bond acceptors (Lipinski definition) is 8. The number of nitrogens with one attached hydrogen (secondary N) is 4. The van der Waals surface area contributed by atoms with Gasteiger partial charge in [-0.25, -0.2) is 14.2 Å². The number of nitrogens with zero attached hydrogens (tertiary/aromatic N) is 4. The van der Waals surface area contributed by atoms with Crippen molar-refractivity contribution in [3.05, 3.63) is 91.8 Å². The summed E-state index contributed by atoms with van der Waals surface area (Å²) in [6.07, 6.45) is 10.3. The summed E-state index contributed by atoms with van der Waals surface area (Å²) in [5, 5.41) is 12.8. The molecule has 2 saturated carbocycles. The monoisotopic (exact) mass is 950 g/mol. The second-order valence-electron chi connectivity index (χ2n) is 20.8. The van der Waals surface area contributed by atoms with Crippen molar-refractivity contribution in [1.82, 2.24) is 35.0 Å². The van der Waals surface area contributed by atoms with Gasteiger partial charge in [-0.2, -0.15) is 0 Å². The van der Waals surface area contributed by atoms with Crippen LogP contribution in [0.3, 0.4) is 0 Å². The van der Waals surface area contributed by atoms with Crippen LogP contribution in [0.25, 0.3) is 11.0 Å². The Hall–Kier alpha value is -5.07. The molecule has 0 radical (unpaired) electrons. The number of pyridine rings is 1. The van der Waals surface area contributed by atoms with Crippen LogP contribution in [0.4, 0.5) is 10.1 Å². The number of benzene rings is 2. The molecule has 4 N–H and O–H groups in total. The number of imidazole rings is 1. The van der Waals surface area contributed by atoms with Gasteiger partial charge in [-0.05, 0) is 143 Å². The summed E-state index contributed by atoms with van der Waals surface area (Å²) in [5.41, 5.74) is 1.19. The molecule has 4 aliphatic heterocycles. The fraction of sp³-hybridized carbons (Fsp3) is 0.529. The maximum Gasteiger partial charge on any atom is 0.329 e. The fourth-order valence-corrected chi connectivity index (χ4v) is 12.9. The second-order valence-corrected chi connectivity index (χ2v) is 21.5. The first kappa shape index (κ1) is 45.7. The standard InChI is InChI=1S/C51H57Cl2FN8O5/c1-49(2)19-21-50(22-20-49)51(35-12-9-32(52)27-36(35)57-47(51)66)41(34-16-23-55-44(53)42(34)54)43(59-50)46(65)56-33-10-6-31(7-11-33)28-61-24-17-29(18-25-61)4-5-30-8-13-37-39(26-30)60(3)48(67)62(37)38-14-15-40(63)58-45(38)64/h8-9,12-13,16,23,26-27,29,31,33,38,41,43,59H,6-7,10-11,14-15,17-22,24-25,28H2,1-3H3,(H,56,65)(H,57,66)(H,58,63,64)/t31?,33?,38?,41-,43+,51+/m0/s1. The minimum atomic E-state index is -1.32. The van der Waals surface area contributed by atoms with Gasteiger partial charge in [0.1, 0.15) is 11.5 Å². The molecule has 6 heterocycles. The molecule has 1 unspecified atom stereocenters. The molecule has 352 valence electrons. The smallest absolute Gasteiger partial charge is 0.329 e. The number of aryl methyl sites for hydroxylation is 1. The van der Waals surface area contributed by atoms with Crippen LogP contribution in [0.2, 0.25) is 10.2 Å². The van der Waals surface area contributed by atoms with E-state index in [1.807, 2.05) is 24.3 Å². The number of halogens is 3. The minimum Gasteiger partial charge on any atom is -0.352 e. The number of amides is 4. The molecule has 13 nitrogen and oxygen atoms in total. The Morgan fingerprint density at radius 3 is 2.39 bits per heavy atom. The van der Waals surface area contributed by atoms with E-state index in [-0.39, 0.29) is 64.3 Å². The van der Waals surface area contributed by atoms with Crippen molar-refractivity contribution >= 4 is 63.6 Å². The predicted octanol–water partition coefficient (Wildman–Crippen LogP) is 6.88. The number of aromatic nitrogens is 3. The average molecular weight is 952 g/mol. The third-order valence-corrected chi connectivity index (χ3v) is 16.8. The Morgan fingerprint density at radius 2 is 1.66 bits per heavy atom. The van der Waals surface area contributed by atoms with Gasteiger partial charge >= 0.3 is 5.69 Å². The van der Waals surface area contributed by atoms with E-state index in [9.17, 15) is 24.0 Å². The number of imide groups is 1. The largest absolute Gasteiger partial charge is 0.352 e. The number of piperidine rings is 2. The van der Waals surface area contributed by atoms with E-state index >= 15 is 4.39 Å². The molecular weight excluding hydrogens is 895 g/mol. The van der Waals surface area contributed by atoms with E-state index in [0.29, 0.717) is 46.1 Å². The molecular formula is C51H57Cl2FN8O5. The molecule has 0 bridgehead atoms. The lowest BCUT2D eigenvalue weighted by Crippen LogP contribution is -2.61. The van der Waals surface area contributed by atoms with E-state index in [1.165, 1.54) is 15.3 Å². The lowest BCUT2D eigenvalue weighted by atomic mass is 9.53. The SMILES string of the molecule is Cn1c(=O)n(C2CCC(=O)NC2=O)c2ccc(C#CC3CCN(CC4CCC(NC(=O)[C@@H]5NC6(CCC(C)(C)CC6)[C@@]6(C(=O)Nc7cc(Cl)ccc76)[C@H]5c5ccnc(Cl)c5F)CC4)CC3)cc21. The van der Waals surface area contributed by atoms with Crippen molar-refractivity contribution in [2.24, 2.45) is 24.3 Å². The van der Waals surface area contributed by atoms with E-state index in [1.54, 1.807) is 25.2 Å². The van der Waals surface area contributed by atoms with Crippen LogP contribution < -0.4 is 27.0 Å².